The molecule has 7 heteroatoms. The maximum atomic E-state index is 11.8. The molecule has 0 fully saturated rings. The number of nitrogens with one attached hydrogen (secondary N) is 2. The molecule has 1 aromatic carbocycles. The first-order chi connectivity index (χ1) is 10.9. The van der Waals surface area contributed by atoms with Gasteiger partial charge in [-0.05, 0) is 37.1 Å². The van der Waals surface area contributed by atoms with Crippen molar-refractivity contribution >= 4 is 12.0 Å². The van der Waals surface area contributed by atoms with E-state index in [4.69, 9.17) is 9.47 Å². The van der Waals surface area contributed by atoms with Gasteiger partial charge in [-0.3, -0.25) is 4.79 Å². The van der Waals surface area contributed by atoms with Crippen molar-refractivity contribution in [3.05, 3.63) is 24.3 Å². The number of alkyl carbamates (subject to hydrolysis) is 1. The van der Waals surface area contributed by atoms with E-state index in [1.165, 1.54) is 12.1 Å². The molecular formula is C16H24N2O5. The number of phenolic OH excluding ortho intramolecular Hbond substituents is 1. The number of carbonyl (C=O) groups is 2. The zero-order chi connectivity index (χ0) is 17.2. The number of aromatic hydroxyl groups is 1. The smallest absolute Gasteiger partial charge is 0.407 e. The molecule has 2 amide bonds. The van der Waals surface area contributed by atoms with Gasteiger partial charge >= 0.3 is 6.09 Å². The Labute approximate surface area is 136 Å². The summed E-state index contributed by atoms with van der Waals surface area (Å²) in [6.07, 6.45) is -1.19. The summed E-state index contributed by atoms with van der Waals surface area (Å²) in [4.78, 5) is 23.1. The van der Waals surface area contributed by atoms with E-state index in [0.29, 0.717) is 12.4 Å². The normalized spacial score (nSPS) is 11.7. The average Bonchev–Trinajstić information content (AvgIpc) is 2.51. The Morgan fingerprint density at radius 1 is 1.09 bits per heavy atom. The molecule has 0 aliphatic carbocycles. The topological polar surface area (TPSA) is 96.9 Å². The van der Waals surface area contributed by atoms with Crippen molar-refractivity contribution in [2.75, 3.05) is 19.7 Å². The van der Waals surface area contributed by atoms with E-state index >= 15 is 0 Å². The Kier molecular flexibility index (Phi) is 7.73. The van der Waals surface area contributed by atoms with Crippen LogP contribution in [-0.2, 0) is 9.53 Å². The summed E-state index contributed by atoms with van der Waals surface area (Å²) in [6.45, 7) is 6.42. The van der Waals surface area contributed by atoms with E-state index < -0.39 is 12.2 Å². The molecule has 1 aromatic rings. The van der Waals surface area contributed by atoms with Gasteiger partial charge in [-0.15, -0.1) is 0 Å². The van der Waals surface area contributed by atoms with Crippen LogP contribution in [0.3, 0.4) is 0 Å². The predicted octanol–water partition coefficient (Wildman–Crippen LogP) is 1.66. The highest BCUT2D eigenvalue weighted by molar-refractivity contribution is 5.80. The molecule has 3 N–H and O–H groups in total. The van der Waals surface area contributed by atoms with Crippen molar-refractivity contribution in [1.29, 1.82) is 0 Å². The van der Waals surface area contributed by atoms with Crippen LogP contribution in [0.5, 0.6) is 11.5 Å². The average molecular weight is 324 g/mol. The number of phenols is 1. The van der Waals surface area contributed by atoms with Crippen molar-refractivity contribution < 1.29 is 24.2 Å². The molecule has 0 aliphatic heterocycles. The molecule has 0 radical (unpaired) electrons. The summed E-state index contributed by atoms with van der Waals surface area (Å²) in [5.41, 5.74) is 0. The van der Waals surface area contributed by atoms with Crippen LogP contribution in [0.1, 0.15) is 20.8 Å². The fourth-order valence-electron chi connectivity index (χ4n) is 1.57. The van der Waals surface area contributed by atoms with Crippen LogP contribution in [-0.4, -0.2) is 42.9 Å². The highest BCUT2D eigenvalue weighted by atomic mass is 16.5. The highest BCUT2D eigenvalue weighted by Crippen LogP contribution is 2.17. The van der Waals surface area contributed by atoms with Crippen LogP contribution >= 0.6 is 0 Å². The molecule has 0 spiro atoms. The number of amides is 2. The first kappa shape index (κ1) is 18.6. The molecule has 7 nitrogen and oxygen atoms in total. The fourth-order valence-corrected chi connectivity index (χ4v) is 1.57. The lowest BCUT2D eigenvalue weighted by molar-refractivity contribution is -0.127. The summed E-state index contributed by atoms with van der Waals surface area (Å²) < 4.78 is 10.4. The van der Waals surface area contributed by atoms with Gasteiger partial charge in [-0.1, -0.05) is 13.8 Å². The monoisotopic (exact) mass is 324 g/mol. The third-order valence-electron chi connectivity index (χ3n) is 2.76. The maximum Gasteiger partial charge on any atom is 0.407 e. The van der Waals surface area contributed by atoms with Gasteiger partial charge in [0.05, 0.1) is 6.61 Å². The Balaban J connectivity index is 2.20. The standard InChI is InChI=1S/C16H24N2O5/c1-11(2)10-22-16(21)18-9-8-17-15(20)12(3)23-14-6-4-13(19)5-7-14/h4-7,11-12,19H,8-10H2,1-3H3,(H,17,20)(H,18,21). The van der Waals surface area contributed by atoms with Crippen molar-refractivity contribution in [1.82, 2.24) is 10.6 Å². The van der Waals surface area contributed by atoms with Gasteiger partial charge < -0.3 is 25.2 Å². The first-order valence-electron chi connectivity index (χ1n) is 7.52. The van der Waals surface area contributed by atoms with E-state index in [0.717, 1.165) is 0 Å². The third-order valence-corrected chi connectivity index (χ3v) is 2.76. The second-order valence-corrected chi connectivity index (χ2v) is 5.46. The lowest BCUT2D eigenvalue weighted by Gasteiger charge is -2.15. The predicted molar refractivity (Wildman–Crippen MR) is 85.4 cm³/mol. The van der Waals surface area contributed by atoms with Crippen molar-refractivity contribution in [2.45, 2.75) is 26.9 Å². The molecule has 0 heterocycles. The van der Waals surface area contributed by atoms with Crippen LogP contribution < -0.4 is 15.4 Å². The second-order valence-electron chi connectivity index (χ2n) is 5.46. The summed E-state index contributed by atoms with van der Waals surface area (Å²) in [7, 11) is 0. The summed E-state index contributed by atoms with van der Waals surface area (Å²) >= 11 is 0. The van der Waals surface area contributed by atoms with E-state index in [1.807, 2.05) is 13.8 Å². The van der Waals surface area contributed by atoms with Crippen LogP contribution in [0.4, 0.5) is 4.79 Å². The quantitative estimate of drug-likeness (QED) is 0.632. The minimum Gasteiger partial charge on any atom is -0.508 e. The summed E-state index contributed by atoms with van der Waals surface area (Å²) in [6, 6.07) is 6.11. The van der Waals surface area contributed by atoms with Gasteiger partial charge in [-0.25, -0.2) is 4.79 Å². The van der Waals surface area contributed by atoms with Gasteiger partial charge in [0, 0.05) is 13.1 Å². The van der Waals surface area contributed by atoms with E-state index in [-0.39, 0.29) is 30.7 Å². The number of hydrogen-bond acceptors (Lipinski definition) is 5. The number of hydrogen-bond donors (Lipinski definition) is 3. The van der Waals surface area contributed by atoms with Crippen LogP contribution in [0.25, 0.3) is 0 Å². The Bertz CT molecular complexity index is 502. The molecule has 0 aromatic heterocycles. The Hall–Kier alpha value is -2.44. The van der Waals surface area contributed by atoms with Crippen molar-refractivity contribution in [3.8, 4) is 11.5 Å². The maximum absolute atomic E-state index is 11.8. The molecule has 0 bridgehead atoms. The molecule has 0 saturated carbocycles. The van der Waals surface area contributed by atoms with Crippen molar-refractivity contribution in [3.63, 3.8) is 0 Å². The lowest BCUT2D eigenvalue weighted by Crippen LogP contribution is -2.40. The minimum atomic E-state index is -0.688. The van der Waals surface area contributed by atoms with Gasteiger partial charge in [-0.2, -0.15) is 0 Å². The molecule has 1 atom stereocenters. The number of rotatable bonds is 8. The second kappa shape index (κ2) is 9.55. The molecule has 1 rings (SSSR count). The third kappa shape index (κ3) is 7.94. The molecular weight excluding hydrogens is 300 g/mol. The molecule has 128 valence electrons. The number of ether oxygens (including phenoxy) is 2. The van der Waals surface area contributed by atoms with E-state index in [2.05, 4.69) is 10.6 Å². The fraction of sp³-hybridized carbons (Fsp3) is 0.500. The molecule has 23 heavy (non-hydrogen) atoms. The Morgan fingerprint density at radius 3 is 2.30 bits per heavy atom. The molecule has 0 saturated heterocycles. The van der Waals surface area contributed by atoms with Gasteiger partial charge in [0.1, 0.15) is 11.5 Å². The van der Waals surface area contributed by atoms with E-state index in [9.17, 15) is 14.7 Å². The minimum absolute atomic E-state index is 0.130. The van der Waals surface area contributed by atoms with Gasteiger partial charge in [0.25, 0.3) is 5.91 Å². The largest absolute Gasteiger partial charge is 0.508 e. The zero-order valence-corrected chi connectivity index (χ0v) is 13.7. The summed E-state index contributed by atoms with van der Waals surface area (Å²) in [5, 5.41) is 14.4. The molecule has 1 unspecified atom stereocenters. The van der Waals surface area contributed by atoms with Gasteiger partial charge in [0.2, 0.25) is 0 Å². The van der Waals surface area contributed by atoms with Crippen molar-refractivity contribution in [2.24, 2.45) is 5.92 Å². The molecule has 0 aliphatic rings. The number of benzene rings is 1. The van der Waals surface area contributed by atoms with E-state index in [1.54, 1.807) is 19.1 Å². The van der Waals surface area contributed by atoms with Crippen LogP contribution in [0, 0.1) is 5.92 Å². The highest BCUT2D eigenvalue weighted by Gasteiger charge is 2.14. The Morgan fingerprint density at radius 2 is 1.70 bits per heavy atom. The lowest BCUT2D eigenvalue weighted by atomic mass is 10.2. The zero-order valence-electron chi connectivity index (χ0n) is 13.7. The SMILES string of the molecule is CC(C)COC(=O)NCCNC(=O)C(C)Oc1ccc(O)cc1. The van der Waals surface area contributed by atoms with Gasteiger partial charge in [0.15, 0.2) is 6.10 Å². The number of carbonyl (C=O) groups excluding carboxylic acids is 2. The van der Waals surface area contributed by atoms with Crippen LogP contribution in [0.15, 0.2) is 24.3 Å². The summed E-state index contributed by atoms with van der Waals surface area (Å²) in [5.74, 6) is 0.597. The van der Waals surface area contributed by atoms with Crippen LogP contribution in [0.2, 0.25) is 0 Å². The first-order valence-corrected chi connectivity index (χ1v) is 7.52.